The maximum absolute atomic E-state index is 3.81. The van der Waals surface area contributed by atoms with Crippen molar-refractivity contribution < 1.29 is 0 Å². The van der Waals surface area contributed by atoms with Crippen molar-refractivity contribution in [3.8, 4) is 0 Å². The number of likely N-dealkylation sites (N-methyl/N-ethyl adjacent to an activating group) is 1. The van der Waals surface area contributed by atoms with Crippen molar-refractivity contribution in [1.29, 1.82) is 0 Å². The summed E-state index contributed by atoms with van der Waals surface area (Å²) in [7, 11) is 0. The Labute approximate surface area is 126 Å². The fraction of sp³-hybridized carbons (Fsp3) is 1.00. The van der Waals surface area contributed by atoms with Gasteiger partial charge < -0.3 is 5.32 Å². The number of likely N-dealkylation sites (tertiary alicyclic amines) is 1. The Hall–Kier alpha value is -0.0800. The number of nitrogens with one attached hydrogen (secondary N) is 1. The summed E-state index contributed by atoms with van der Waals surface area (Å²) in [5.74, 6) is 1.72. The molecule has 0 aromatic heterocycles. The fourth-order valence-electron chi connectivity index (χ4n) is 4.56. The van der Waals surface area contributed by atoms with Gasteiger partial charge in [0.2, 0.25) is 0 Å². The summed E-state index contributed by atoms with van der Waals surface area (Å²) < 4.78 is 0. The zero-order valence-corrected chi connectivity index (χ0v) is 14.2. The second-order valence-corrected chi connectivity index (χ2v) is 7.48. The van der Waals surface area contributed by atoms with Crippen LogP contribution in [0.4, 0.5) is 0 Å². The van der Waals surface area contributed by atoms with Crippen LogP contribution in [0.1, 0.15) is 72.6 Å². The quantitative estimate of drug-likeness (QED) is 0.839. The maximum atomic E-state index is 3.81. The Kier molecular flexibility index (Phi) is 6.35. The summed E-state index contributed by atoms with van der Waals surface area (Å²) in [5, 5.41) is 3.81. The van der Waals surface area contributed by atoms with Crippen LogP contribution in [0.15, 0.2) is 0 Å². The first-order valence-electron chi connectivity index (χ1n) is 9.12. The minimum absolute atomic E-state index is 0.722. The van der Waals surface area contributed by atoms with Crippen molar-refractivity contribution in [3.63, 3.8) is 0 Å². The Bertz CT molecular complexity index is 279. The molecule has 5 atom stereocenters. The normalized spacial score (nSPS) is 41.1. The molecule has 2 heteroatoms. The molecule has 2 fully saturated rings. The van der Waals surface area contributed by atoms with Gasteiger partial charge in [-0.2, -0.15) is 0 Å². The molecule has 1 saturated carbocycles. The van der Waals surface area contributed by atoms with E-state index < -0.39 is 0 Å². The molecule has 2 aliphatic rings. The summed E-state index contributed by atoms with van der Waals surface area (Å²) >= 11 is 0. The first-order chi connectivity index (χ1) is 9.63. The predicted molar refractivity (Wildman–Crippen MR) is 88.1 cm³/mol. The van der Waals surface area contributed by atoms with Gasteiger partial charge >= 0.3 is 0 Å². The van der Waals surface area contributed by atoms with E-state index in [0.29, 0.717) is 0 Å². The maximum Gasteiger partial charge on any atom is 0.0252 e. The molecule has 1 saturated heterocycles. The highest BCUT2D eigenvalue weighted by Gasteiger charge is 2.36. The number of piperidine rings is 1. The summed E-state index contributed by atoms with van der Waals surface area (Å²) in [6, 6.07) is 2.26. The van der Waals surface area contributed by atoms with Crippen molar-refractivity contribution in [2.45, 2.75) is 90.8 Å². The van der Waals surface area contributed by atoms with Gasteiger partial charge in [0.1, 0.15) is 0 Å². The third-order valence-electron chi connectivity index (χ3n) is 5.77. The molecule has 20 heavy (non-hydrogen) atoms. The molecule has 2 nitrogen and oxygen atoms in total. The average Bonchev–Trinajstić information content (AvgIpc) is 2.38. The van der Waals surface area contributed by atoms with Crippen molar-refractivity contribution >= 4 is 0 Å². The van der Waals surface area contributed by atoms with Crippen LogP contribution in [-0.2, 0) is 0 Å². The Balaban J connectivity index is 2.10. The van der Waals surface area contributed by atoms with Gasteiger partial charge in [-0.15, -0.1) is 0 Å². The van der Waals surface area contributed by atoms with E-state index in [-0.39, 0.29) is 0 Å². The summed E-state index contributed by atoms with van der Waals surface area (Å²) in [4.78, 5) is 2.87. The zero-order chi connectivity index (χ0) is 14.5. The van der Waals surface area contributed by atoms with Gasteiger partial charge in [0.25, 0.3) is 0 Å². The minimum atomic E-state index is 0.722. The lowest BCUT2D eigenvalue weighted by Gasteiger charge is -2.48. The fourth-order valence-corrected chi connectivity index (χ4v) is 4.56. The average molecular weight is 280 g/mol. The highest BCUT2D eigenvalue weighted by Crippen LogP contribution is 2.32. The van der Waals surface area contributed by atoms with Crippen LogP contribution in [0.25, 0.3) is 0 Å². The molecule has 0 radical (unpaired) electrons. The summed E-state index contributed by atoms with van der Waals surface area (Å²) in [6.45, 7) is 12.1. The monoisotopic (exact) mass is 280 g/mol. The largest absolute Gasteiger partial charge is 0.313 e. The van der Waals surface area contributed by atoms with Crippen LogP contribution in [0.5, 0.6) is 0 Å². The van der Waals surface area contributed by atoms with E-state index in [4.69, 9.17) is 0 Å². The van der Waals surface area contributed by atoms with E-state index in [0.717, 1.165) is 36.5 Å². The van der Waals surface area contributed by atoms with Crippen molar-refractivity contribution in [2.24, 2.45) is 11.8 Å². The van der Waals surface area contributed by atoms with Crippen LogP contribution in [0.3, 0.4) is 0 Å². The Morgan fingerprint density at radius 1 is 1.00 bits per heavy atom. The Morgan fingerprint density at radius 3 is 2.40 bits per heavy atom. The van der Waals surface area contributed by atoms with E-state index in [1.54, 1.807) is 0 Å². The van der Waals surface area contributed by atoms with Gasteiger partial charge in [-0.3, -0.25) is 4.90 Å². The third kappa shape index (κ3) is 3.98. The van der Waals surface area contributed by atoms with E-state index in [1.165, 1.54) is 51.5 Å². The van der Waals surface area contributed by atoms with E-state index in [2.05, 4.69) is 37.9 Å². The molecule has 2 rings (SSSR count). The molecule has 0 amide bonds. The van der Waals surface area contributed by atoms with Gasteiger partial charge in [0.05, 0.1) is 0 Å². The molecule has 5 unspecified atom stereocenters. The molecule has 0 aromatic rings. The van der Waals surface area contributed by atoms with Crippen LogP contribution < -0.4 is 5.32 Å². The number of hydrogen-bond acceptors (Lipinski definition) is 2. The lowest BCUT2D eigenvalue weighted by Crippen LogP contribution is -2.58. The molecule has 0 aromatic carbocycles. The molecule has 1 heterocycles. The zero-order valence-electron chi connectivity index (χ0n) is 14.2. The van der Waals surface area contributed by atoms with Crippen LogP contribution in [0.2, 0.25) is 0 Å². The molecule has 1 aliphatic heterocycles. The standard InChI is InChI=1S/C18H36N2/c1-5-19-17-10-8-6-7-9-11-18(17)20-13-14(2)12-15(3)16(20)4/h14-19H,5-13H2,1-4H3. The second kappa shape index (κ2) is 7.79. The van der Waals surface area contributed by atoms with E-state index >= 15 is 0 Å². The first-order valence-corrected chi connectivity index (χ1v) is 9.12. The lowest BCUT2D eigenvalue weighted by atomic mass is 9.82. The molecule has 0 spiro atoms. The van der Waals surface area contributed by atoms with E-state index in [9.17, 15) is 0 Å². The van der Waals surface area contributed by atoms with Gasteiger partial charge in [0, 0.05) is 24.7 Å². The van der Waals surface area contributed by atoms with Crippen LogP contribution >= 0.6 is 0 Å². The Morgan fingerprint density at radius 2 is 1.70 bits per heavy atom. The molecular weight excluding hydrogens is 244 g/mol. The predicted octanol–water partition coefficient (Wildman–Crippen LogP) is 4.05. The molecular formula is C18H36N2. The SMILES string of the molecule is CCNC1CCCCCCC1N1CC(C)CC(C)C1C. The third-order valence-corrected chi connectivity index (χ3v) is 5.77. The molecule has 1 aliphatic carbocycles. The number of hydrogen-bond donors (Lipinski definition) is 1. The smallest absolute Gasteiger partial charge is 0.0252 e. The molecule has 1 N–H and O–H groups in total. The van der Waals surface area contributed by atoms with Crippen molar-refractivity contribution in [2.75, 3.05) is 13.1 Å². The van der Waals surface area contributed by atoms with Gasteiger partial charge in [-0.05, 0) is 44.6 Å². The second-order valence-electron chi connectivity index (χ2n) is 7.48. The van der Waals surface area contributed by atoms with Gasteiger partial charge in [0.15, 0.2) is 0 Å². The lowest BCUT2D eigenvalue weighted by molar-refractivity contribution is 0.0169. The van der Waals surface area contributed by atoms with Gasteiger partial charge in [-0.25, -0.2) is 0 Å². The summed E-state index contributed by atoms with van der Waals surface area (Å²) in [5.41, 5.74) is 0. The van der Waals surface area contributed by atoms with Crippen LogP contribution in [0, 0.1) is 11.8 Å². The highest BCUT2D eigenvalue weighted by molar-refractivity contribution is 4.92. The topological polar surface area (TPSA) is 15.3 Å². The number of rotatable bonds is 3. The number of nitrogens with zero attached hydrogens (tertiary/aromatic N) is 1. The van der Waals surface area contributed by atoms with Crippen LogP contribution in [-0.4, -0.2) is 36.1 Å². The summed E-state index contributed by atoms with van der Waals surface area (Å²) in [6.07, 6.45) is 9.93. The first kappa shape index (κ1) is 16.3. The highest BCUT2D eigenvalue weighted by atomic mass is 15.2. The minimum Gasteiger partial charge on any atom is -0.313 e. The van der Waals surface area contributed by atoms with E-state index in [1.807, 2.05) is 0 Å². The molecule has 0 bridgehead atoms. The van der Waals surface area contributed by atoms with Gasteiger partial charge in [-0.1, -0.05) is 46.5 Å². The van der Waals surface area contributed by atoms with Crippen molar-refractivity contribution in [1.82, 2.24) is 10.2 Å². The molecule has 118 valence electrons. The van der Waals surface area contributed by atoms with Crippen molar-refractivity contribution in [3.05, 3.63) is 0 Å².